The molecular formula is C16H34N2O. The van der Waals surface area contributed by atoms with Crippen molar-refractivity contribution < 1.29 is 4.74 Å². The van der Waals surface area contributed by atoms with Crippen LogP contribution >= 0.6 is 0 Å². The largest absolute Gasteiger partial charge is 0.381 e. The Balaban J connectivity index is 2.56. The van der Waals surface area contributed by atoms with Crippen molar-refractivity contribution in [2.75, 3.05) is 39.9 Å². The molecule has 0 amide bonds. The third kappa shape index (κ3) is 5.05. The molecule has 0 spiro atoms. The third-order valence-corrected chi connectivity index (χ3v) is 4.71. The molecule has 3 nitrogen and oxygen atoms in total. The van der Waals surface area contributed by atoms with E-state index in [0.717, 1.165) is 32.8 Å². The zero-order valence-corrected chi connectivity index (χ0v) is 13.9. The van der Waals surface area contributed by atoms with Gasteiger partial charge < -0.3 is 15.0 Å². The monoisotopic (exact) mass is 270 g/mol. The van der Waals surface area contributed by atoms with Crippen molar-refractivity contribution in [3.63, 3.8) is 0 Å². The van der Waals surface area contributed by atoms with E-state index >= 15 is 0 Å². The number of hydrogen-bond donors (Lipinski definition) is 1. The highest BCUT2D eigenvalue weighted by molar-refractivity contribution is 4.91. The molecule has 0 saturated carbocycles. The Morgan fingerprint density at radius 2 is 2.05 bits per heavy atom. The Kier molecular flexibility index (Phi) is 6.28. The molecule has 0 aromatic rings. The molecule has 1 aliphatic heterocycles. The van der Waals surface area contributed by atoms with Crippen LogP contribution in [-0.2, 0) is 4.74 Å². The maximum absolute atomic E-state index is 5.70. The van der Waals surface area contributed by atoms with Crippen LogP contribution in [0.3, 0.4) is 0 Å². The van der Waals surface area contributed by atoms with E-state index in [4.69, 9.17) is 4.74 Å². The minimum atomic E-state index is 0.271. The number of rotatable bonds is 8. The van der Waals surface area contributed by atoms with Crippen LogP contribution in [0.1, 0.15) is 47.5 Å². The van der Waals surface area contributed by atoms with Crippen LogP contribution in [0.15, 0.2) is 0 Å². The SMILES string of the molecule is CCC(C)(C)N(C)CC1(CNCC(C)C)CCOC1. The molecule has 1 aliphatic rings. The molecule has 0 radical (unpaired) electrons. The second-order valence-corrected chi connectivity index (χ2v) is 7.35. The van der Waals surface area contributed by atoms with E-state index in [9.17, 15) is 0 Å². The van der Waals surface area contributed by atoms with Gasteiger partial charge in [0.15, 0.2) is 0 Å². The summed E-state index contributed by atoms with van der Waals surface area (Å²) in [7, 11) is 2.26. The van der Waals surface area contributed by atoms with Crippen molar-refractivity contribution in [1.29, 1.82) is 0 Å². The van der Waals surface area contributed by atoms with Gasteiger partial charge in [0.25, 0.3) is 0 Å². The van der Waals surface area contributed by atoms with Gasteiger partial charge in [0.2, 0.25) is 0 Å². The molecule has 114 valence electrons. The van der Waals surface area contributed by atoms with Crippen LogP contribution in [0.2, 0.25) is 0 Å². The highest BCUT2D eigenvalue weighted by atomic mass is 16.5. The first-order valence-corrected chi connectivity index (χ1v) is 7.81. The lowest BCUT2D eigenvalue weighted by molar-refractivity contribution is 0.0668. The summed E-state index contributed by atoms with van der Waals surface area (Å²) < 4.78 is 5.70. The molecule has 0 aromatic carbocycles. The lowest BCUT2D eigenvalue weighted by Crippen LogP contribution is -2.50. The summed E-state index contributed by atoms with van der Waals surface area (Å²) in [5.41, 5.74) is 0.573. The number of hydrogen-bond acceptors (Lipinski definition) is 3. The molecule has 1 N–H and O–H groups in total. The predicted molar refractivity (Wildman–Crippen MR) is 82.6 cm³/mol. The summed E-state index contributed by atoms with van der Waals surface area (Å²) in [5, 5.41) is 3.64. The number of ether oxygens (including phenoxy) is 1. The van der Waals surface area contributed by atoms with Gasteiger partial charge in [0, 0.05) is 30.7 Å². The summed E-state index contributed by atoms with van der Waals surface area (Å²) >= 11 is 0. The molecule has 1 fully saturated rings. The van der Waals surface area contributed by atoms with Gasteiger partial charge in [-0.1, -0.05) is 20.8 Å². The Morgan fingerprint density at radius 1 is 1.37 bits per heavy atom. The van der Waals surface area contributed by atoms with Gasteiger partial charge in [-0.3, -0.25) is 0 Å². The topological polar surface area (TPSA) is 24.5 Å². The minimum Gasteiger partial charge on any atom is -0.381 e. The molecule has 0 bridgehead atoms. The number of nitrogens with one attached hydrogen (secondary N) is 1. The molecule has 1 saturated heterocycles. The van der Waals surface area contributed by atoms with Gasteiger partial charge >= 0.3 is 0 Å². The smallest absolute Gasteiger partial charge is 0.0547 e. The second kappa shape index (κ2) is 7.05. The lowest BCUT2D eigenvalue weighted by Gasteiger charge is -2.41. The van der Waals surface area contributed by atoms with Gasteiger partial charge in [-0.05, 0) is 46.2 Å². The Labute approximate surface area is 120 Å². The third-order valence-electron chi connectivity index (χ3n) is 4.71. The summed E-state index contributed by atoms with van der Waals surface area (Å²) in [6, 6.07) is 0. The molecule has 0 aliphatic carbocycles. The summed E-state index contributed by atoms with van der Waals surface area (Å²) in [6.45, 7) is 16.6. The molecule has 0 aromatic heterocycles. The number of nitrogens with zero attached hydrogens (tertiary/aromatic N) is 1. The van der Waals surface area contributed by atoms with Gasteiger partial charge in [-0.25, -0.2) is 0 Å². The van der Waals surface area contributed by atoms with E-state index in [1.54, 1.807) is 0 Å². The van der Waals surface area contributed by atoms with Crippen LogP contribution in [-0.4, -0.2) is 50.3 Å². The zero-order chi connectivity index (χ0) is 14.5. The van der Waals surface area contributed by atoms with E-state index in [-0.39, 0.29) is 5.54 Å². The fourth-order valence-electron chi connectivity index (χ4n) is 2.58. The van der Waals surface area contributed by atoms with Gasteiger partial charge in [0.05, 0.1) is 6.61 Å². The van der Waals surface area contributed by atoms with E-state index < -0.39 is 0 Å². The maximum atomic E-state index is 5.70. The molecule has 19 heavy (non-hydrogen) atoms. The maximum Gasteiger partial charge on any atom is 0.0547 e. The van der Waals surface area contributed by atoms with E-state index in [1.165, 1.54) is 12.8 Å². The molecule has 1 unspecified atom stereocenters. The molecule has 1 heterocycles. The van der Waals surface area contributed by atoms with Crippen LogP contribution in [0.5, 0.6) is 0 Å². The highest BCUT2D eigenvalue weighted by Gasteiger charge is 2.38. The first kappa shape index (κ1) is 16.9. The summed E-state index contributed by atoms with van der Waals surface area (Å²) in [4.78, 5) is 2.51. The Bertz CT molecular complexity index is 257. The quantitative estimate of drug-likeness (QED) is 0.734. The van der Waals surface area contributed by atoms with E-state index in [2.05, 4.69) is 51.9 Å². The second-order valence-electron chi connectivity index (χ2n) is 7.35. The average Bonchev–Trinajstić information content (AvgIpc) is 2.77. The zero-order valence-electron chi connectivity index (χ0n) is 13.9. The highest BCUT2D eigenvalue weighted by Crippen LogP contribution is 2.31. The van der Waals surface area contributed by atoms with Crippen LogP contribution < -0.4 is 5.32 Å². The molecular weight excluding hydrogens is 236 g/mol. The van der Waals surface area contributed by atoms with Crippen molar-refractivity contribution in [3.8, 4) is 0 Å². The fraction of sp³-hybridized carbons (Fsp3) is 1.00. The van der Waals surface area contributed by atoms with Crippen molar-refractivity contribution in [1.82, 2.24) is 10.2 Å². The van der Waals surface area contributed by atoms with Gasteiger partial charge in [0.1, 0.15) is 0 Å². The molecule has 3 heteroatoms. The summed E-state index contributed by atoms with van der Waals surface area (Å²) in [5.74, 6) is 0.712. The normalized spacial score (nSPS) is 24.6. The average molecular weight is 270 g/mol. The molecule has 1 rings (SSSR count). The van der Waals surface area contributed by atoms with Crippen molar-refractivity contribution >= 4 is 0 Å². The predicted octanol–water partition coefficient (Wildman–Crippen LogP) is 2.76. The lowest BCUT2D eigenvalue weighted by atomic mass is 9.84. The van der Waals surface area contributed by atoms with Crippen LogP contribution in [0, 0.1) is 11.3 Å². The van der Waals surface area contributed by atoms with Crippen LogP contribution in [0.25, 0.3) is 0 Å². The van der Waals surface area contributed by atoms with E-state index in [0.29, 0.717) is 11.3 Å². The van der Waals surface area contributed by atoms with Gasteiger partial charge in [-0.2, -0.15) is 0 Å². The van der Waals surface area contributed by atoms with Crippen molar-refractivity contribution in [3.05, 3.63) is 0 Å². The van der Waals surface area contributed by atoms with Crippen molar-refractivity contribution in [2.24, 2.45) is 11.3 Å². The Hall–Kier alpha value is -0.120. The van der Waals surface area contributed by atoms with Crippen molar-refractivity contribution in [2.45, 2.75) is 53.0 Å². The van der Waals surface area contributed by atoms with Gasteiger partial charge in [-0.15, -0.1) is 0 Å². The van der Waals surface area contributed by atoms with Crippen LogP contribution in [0.4, 0.5) is 0 Å². The summed E-state index contributed by atoms with van der Waals surface area (Å²) in [6.07, 6.45) is 2.36. The van der Waals surface area contributed by atoms with E-state index in [1.807, 2.05) is 0 Å². The molecule has 1 atom stereocenters. The minimum absolute atomic E-state index is 0.271. The first-order valence-electron chi connectivity index (χ1n) is 7.81. The standard InChI is InChI=1S/C16H34N2O/c1-7-15(4,5)18(6)12-16(8-9-19-13-16)11-17-10-14(2)3/h14,17H,7-13H2,1-6H3. The Morgan fingerprint density at radius 3 is 2.53 bits per heavy atom. The first-order chi connectivity index (χ1) is 8.81. The fourth-order valence-corrected chi connectivity index (χ4v) is 2.58.